The number of likely N-dealkylation sites (N-methyl/N-ethyl adjacent to an activating group) is 1. The molecule has 2 aromatic carbocycles. The Bertz CT molecular complexity index is 836. The van der Waals surface area contributed by atoms with Gasteiger partial charge in [0.05, 0.1) is 13.1 Å². The SMILES string of the molecule is C[NH+](CC(=O)N[C@@H](c1ccccc1)c1cccs1)Cc1ccccc1F. The summed E-state index contributed by atoms with van der Waals surface area (Å²) in [6.45, 7) is 0.748. The first-order chi connectivity index (χ1) is 12.6. The quantitative estimate of drug-likeness (QED) is 0.660. The zero-order chi connectivity index (χ0) is 18.4. The zero-order valence-corrected chi connectivity index (χ0v) is 15.4. The molecular weight excluding hydrogens is 347 g/mol. The van der Waals surface area contributed by atoms with Crippen LogP contribution in [0.5, 0.6) is 0 Å². The summed E-state index contributed by atoms with van der Waals surface area (Å²) >= 11 is 1.62. The molecule has 2 atom stereocenters. The molecule has 0 aliphatic carbocycles. The first-order valence-corrected chi connectivity index (χ1v) is 9.44. The maximum absolute atomic E-state index is 13.8. The Morgan fingerprint density at radius 1 is 1.08 bits per heavy atom. The Hall–Kier alpha value is -2.50. The van der Waals surface area contributed by atoms with Gasteiger partial charge in [0.2, 0.25) is 0 Å². The molecule has 1 unspecified atom stereocenters. The Kier molecular flexibility index (Phi) is 6.15. The van der Waals surface area contributed by atoms with Gasteiger partial charge >= 0.3 is 0 Å². The van der Waals surface area contributed by atoms with E-state index in [0.717, 1.165) is 15.3 Å². The summed E-state index contributed by atoms with van der Waals surface area (Å²) in [6, 6.07) is 20.5. The van der Waals surface area contributed by atoms with Gasteiger partial charge < -0.3 is 10.2 Å². The molecule has 3 rings (SSSR count). The van der Waals surface area contributed by atoms with Crippen molar-refractivity contribution in [2.24, 2.45) is 0 Å². The molecule has 5 heteroatoms. The van der Waals surface area contributed by atoms with E-state index in [2.05, 4.69) is 5.32 Å². The summed E-state index contributed by atoms with van der Waals surface area (Å²) in [5, 5.41) is 5.13. The molecule has 1 aromatic heterocycles. The van der Waals surface area contributed by atoms with Crippen molar-refractivity contribution in [3.8, 4) is 0 Å². The lowest BCUT2D eigenvalue weighted by Crippen LogP contribution is -3.09. The van der Waals surface area contributed by atoms with E-state index in [1.807, 2.05) is 61.0 Å². The fraction of sp³-hybridized carbons (Fsp3) is 0.190. The average Bonchev–Trinajstić information content (AvgIpc) is 3.17. The van der Waals surface area contributed by atoms with Gasteiger partial charge in [0.15, 0.2) is 6.54 Å². The first kappa shape index (κ1) is 18.3. The van der Waals surface area contributed by atoms with Crippen molar-refractivity contribution < 1.29 is 14.1 Å². The monoisotopic (exact) mass is 369 g/mol. The Balaban J connectivity index is 1.66. The Morgan fingerprint density at radius 3 is 2.50 bits per heavy atom. The standard InChI is InChI=1S/C21H21FN2OS/c1-24(14-17-10-5-6-11-18(17)22)15-20(25)23-21(19-12-7-13-26-19)16-8-3-2-4-9-16/h2-13,21H,14-15H2,1H3,(H,23,25)/p+1/t21-/m0/s1. The molecule has 0 spiro atoms. The van der Waals surface area contributed by atoms with Crippen LogP contribution in [0.4, 0.5) is 4.39 Å². The maximum Gasteiger partial charge on any atom is 0.275 e. The molecule has 0 aliphatic heterocycles. The molecule has 3 nitrogen and oxygen atoms in total. The fourth-order valence-electron chi connectivity index (χ4n) is 2.94. The number of thiophene rings is 1. The molecular formula is C21H22FN2OS+. The normalized spacial score (nSPS) is 13.2. The van der Waals surface area contributed by atoms with Crippen molar-refractivity contribution in [3.05, 3.63) is 93.9 Å². The number of amides is 1. The number of carbonyl (C=O) groups excluding carboxylic acids is 1. The smallest absolute Gasteiger partial charge is 0.275 e. The number of nitrogens with one attached hydrogen (secondary N) is 2. The lowest BCUT2D eigenvalue weighted by Gasteiger charge is -2.20. The minimum atomic E-state index is -0.229. The largest absolute Gasteiger partial charge is 0.339 e. The van der Waals surface area contributed by atoms with Crippen LogP contribution in [0.25, 0.3) is 0 Å². The lowest BCUT2D eigenvalue weighted by molar-refractivity contribution is -0.885. The molecule has 134 valence electrons. The van der Waals surface area contributed by atoms with E-state index in [1.54, 1.807) is 23.5 Å². The van der Waals surface area contributed by atoms with Crippen LogP contribution in [-0.2, 0) is 11.3 Å². The van der Waals surface area contributed by atoms with E-state index in [1.165, 1.54) is 6.07 Å². The fourth-order valence-corrected chi connectivity index (χ4v) is 3.74. The minimum Gasteiger partial charge on any atom is -0.339 e. The second-order valence-corrected chi connectivity index (χ2v) is 7.31. The van der Waals surface area contributed by atoms with Gasteiger partial charge in [0, 0.05) is 10.4 Å². The maximum atomic E-state index is 13.8. The highest BCUT2D eigenvalue weighted by Crippen LogP contribution is 2.25. The number of hydrogen-bond donors (Lipinski definition) is 2. The highest BCUT2D eigenvalue weighted by molar-refractivity contribution is 7.10. The van der Waals surface area contributed by atoms with Crippen LogP contribution in [0, 0.1) is 5.82 Å². The van der Waals surface area contributed by atoms with Crippen LogP contribution >= 0.6 is 11.3 Å². The number of carbonyl (C=O) groups is 1. The third kappa shape index (κ3) is 4.77. The van der Waals surface area contributed by atoms with Crippen LogP contribution in [0.3, 0.4) is 0 Å². The highest BCUT2D eigenvalue weighted by Gasteiger charge is 2.20. The van der Waals surface area contributed by atoms with Gasteiger partial charge in [-0.25, -0.2) is 4.39 Å². The molecule has 0 fully saturated rings. The van der Waals surface area contributed by atoms with Gasteiger partial charge in [-0.15, -0.1) is 11.3 Å². The summed E-state index contributed by atoms with van der Waals surface area (Å²) < 4.78 is 13.8. The van der Waals surface area contributed by atoms with Crippen molar-refractivity contribution in [2.75, 3.05) is 13.6 Å². The third-order valence-corrected chi connectivity index (χ3v) is 5.12. The summed E-state index contributed by atoms with van der Waals surface area (Å²) in [4.78, 5) is 14.6. The summed E-state index contributed by atoms with van der Waals surface area (Å²) in [5.74, 6) is -0.283. The van der Waals surface area contributed by atoms with Gasteiger partial charge in [-0.3, -0.25) is 4.79 Å². The number of halogens is 1. The molecule has 0 saturated heterocycles. The van der Waals surface area contributed by atoms with Crippen molar-refractivity contribution in [2.45, 2.75) is 12.6 Å². The van der Waals surface area contributed by atoms with Crippen LogP contribution in [0.15, 0.2) is 72.1 Å². The zero-order valence-electron chi connectivity index (χ0n) is 14.6. The van der Waals surface area contributed by atoms with E-state index in [9.17, 15) is 9.18 Å². The molecule has 0 bridgehead atoms. The Morgan fingerprint density at radius 2 is 1.81 bits per heavy atom. The van der Waals surface area contributed by atoms with Crippen LogP contribution in [-0.4, -0.2) is 19.5 Å². The molecule has 3 aromatic rings. The molecule has 0 saturated carbocycles. The molecule has 0 radical (unpaired) electrons. The lowest BCUT2D eigenvalue weighted by atomic mass is 10.1. The number of hydrogen-bond acceptors (Lipinski definition) is 2. The molecule has 26 heavy (non-hydrogen) atoms. The molecule has 1 heterocycles. The second kappa shape index (κ2) is 8.74. The number of benzene rings is 2. The van der Waals surface area contributed by atoms with E-state index < -0.39 is 0 Å². The van der Waals surface area contributed by atoms with Gasteiger partial charge in [0.1, 0.15) is 12.4 Å². The van der Waals surface area contributed by atoms with Crippen molar-refractivity contribution in [3.63, 3.8) is 0 Å². The van der Waals surface area contributed by atoms with E-state index in [4.69, 9.17) is 0 Å². The molecule has 0 aliphatic rings. The van der Waals surface area contributed by atoms with Crippen LogP contribution in [0.1, 0.15) is 22.0 Å². The van der Waals surface area contributed by atoms with Gasteiger partial charge in [0.25, 0.3) is 5.91 Å². The van der Waals surface area contributed by atoms with Crippen molar-refractivity contribution >= 4 is 17.2 Å². The Labute approximate surface area is 157 Å². The topological polar surface area (TPSA) is 33.5 Å². The van der Waals surface area contributed by atoms with Crippen molar-refractivity contribution in [1.29, 1.82) is 0 Å². The first-order valence-electron chi connectivity index (χ1n) is 8.56. The van der Waals surface area contributed by atoms with Crippen LogP contribution < -0.4 is 10.2 Å². The van der Waals surface area contributed by atoms with Crippen molar-refractivity contribution in [1.82, 2.24) is 5.32 Å². The van der Waals surface area contributed by atoms with E-state index in [-0.39, 0.29) is 24.3 Å². The third-order valence-electron chi connectivity index (χ3n) is 4.18. The predicted molar refractivity (Wildman–Crippen MR) is 103 cm³/mol. The van der Waals surface area contributed by atoms with Gasteiger partial charge in [-0.05, 0) is 23.1 Å². The number of rotatable bonds is 7. The van der Waals surface area contributed by atoms with E-state index in [0.29, 0.717) is 12.1 Å². The molecule has 1 amide bonds. The van der Waals surface area contributed by atoms with Gasteiger partial charge in [-0.2, -0.15) is 0 Å². The minimum absolute atomic E-state index is 0.0545. The summed E-state index contributed by atoms with van der Waals surface area (Å²) in [7, 11) is 1.90. The summed E-state index contributed by atoms with van der Waals surface area (Å²) in [6.07, 6.45) is 0. The predicted octanol–water partition coefficient (Wildman–Crippen LogP) is 2.81. The average molecular weight is 369 g/mol. The van der Waals surface area contributed by atoms with Crippen LogP contribution in [0.2, 0.25) is 0 Å². The second-order valence-electron chi connectivity index (χ2n) is 6.33. The summed E-state index contributed by atoms with van der Waals surface area (Å²) in [5.41, 5.74) is 1.67. The number of quaternary nitrogens is 1. The van der Waals surface area contributed by atoms with E-state index >= 15 is 0 Å². The van der Waals surface area contributed by atoms with Gasteiger partial charge in [-0.1, -0.05) is 54.6 Å². The molecule has 2 N–H and O–H groups in total. The highest BCUT2D eigenvalue weighted by atomic mass is 32.1.